The molecule has 1 aliphatic rings. The Labute approximate surface area is 201 Å². The van der Waals surface area contributed by atoms with E-state index in [-0.39, 0.29) is 12.3 Å². The fourth-order valence-corrected chi connectivity index (χ4v) is 6.92. The summed E-state index contributed by atoms with van der Waals surface area (Å²) in [5, 5.41) is 5.11. The van der Waals surface area contributed by atoms with E-state index in [0.29, 0.717) is 17.4 Å². The van der Waals surface area contributed by atoms with E-state index in [1.165, 1.54) is 10.4 Å². The van der Waals surface area contributed by atoms with E-state index in [4.69, 9.17) is 14.5 Å². The van der Waals surface area contributed by atoms with Crippen LogP contribution in [0.3, 0.4) is 0 Å². The van der Waals surface area contributed by atoms with Crippen LogP contribution in [0.1, 0.15) is 29.3 Å². The summed E-state index contributed by atoms with van der Waals surface area (Å²) in [6, 6.07) is 13.7. The minimum atomic E-state index is -0.0625. The van der Waals surface area contributed by atoms with Gasteiger partial charge in [0.2, 0.25) is 5.91 Å². The van der Waals surface area contributed by atoms with E-state index >= 15 is 0 Å². The average molecular weight is 479 g/mol. The van der Waals surface area contributed by atoms with Crippen molar-refractivity contribution in [3.05, 3.63) is 58.5 Å². The Morgan fingerprint density at radius 2 is 2.00 bits per heavy atom. The topological polar surface area (TPSA) is 60.5 Å². The smallest absolute Gasteiger partial charge is 0.229 e. The lowest BCUT2D eigenvalue weighted by molar-refractivity contribution is -0.115. The number of carbonyl (C=O) groups excluding carboxylic acids is 1. The molecule has 2 heterocycles. The van der Waals surface area contributed by atoms with Crippen LogP contribution in [0.25, 0.3) is 20.8 Å². The average Bonchev–Trinajstić information content (AvgIpc) is 3.39. The monoisotopic (exact) mass is 478 g/mol. The summed E-state index contributed by atoms with van der Waals surface area (Å²) < 4.78 is 11.9. The molecule has 0 spiro atoms. The van der Waals surface area contributed by atoms with Crippen molar-refractivity contribution < 1.29 is 14.3 Å². The third-order valence-corrected chi connectivity index (χ3v) is 8.34. The third kappa shape index (κ3) is 4.35. The molecule has 0 saturated heterocycles. The molecule has 33 heavy (non-hydrogen) atoms. The molecule has 2 aromatic heterocycles. The largest absolute Gasteiger partial charge is 0.497 e. The molecular weight excluding hydrogens is 452 g/mol. The predicted molar refractivity (Wildman–Crippen MR) is 136 cm³/mol. The number of para-hydroxylation sites is 1. The van der Waals surface area contributed by atoms with Gasteiger partial charge >= 0.3 is 0 Å². The summed E-state index contributed by atoms with van der Waals surface area (Å²) in [5.74, 6) is 1.95. The first-order chi connectivity index (χ1) is 16.1. The molecule has 7 heteroatoms. The number of hydrogen-bond donors (Lipinski definition) is 1. The first kappa shape index (κ1) is 21.9. The van der Waals surface area contributed by atoms with Crippen molar-refractivity contribution in [2.75, 3.05) is 19.5 Å². The second kappa shape index (κ2) is 9.15. The van der Waals surface area contributed by atoms with Crippen LogP contribution in [-0.2, 0) is 24.1 Å². The molecule has 1 aliphatic carbocycles. The van der Waals surface area contributed by atoms with Gasteiger partial charge in [0.05, 0.1) is 30.9 Å². The van der Waals surface area contributed by atoms with Gasteiger partial charge in [0.1, 0.15) is 21.5 Å². The van der Waals surface area contributed by atoms with E-state index < -0.39 is 0 Å². The number of rotatable bonds is 6. The van der Waals surface area contributed by atoms with Gasteiger partial charge in [-0.2, -0.15) is 0 Å². The Kier molecular flexibility index (Phi) is 6.08. The van der Waals surface area contributed by atoms with Crippen LogP contribution < -0.4 is 14.8 Å². The Hall–Kier alpha value is -2.90. The lowest BCUT2D eigenvalue weighted by Crippen LogP contribution is -2.15. The standard InChI is InChI=1S/C26H26N2O3S2/c1-15-8-11-18-22(12-15)33-26(24(18)25-27-19-6-4-5-7-21(19)32-25)28-23(29)13-16-9-10-17(30-2)14-20(16)31-3/h4-7,9-10,14-15H,8,11-13H2,1-3H3,(H,28,29). The number of nitrogens with one attached hydrogen (secondary N) is 1. The first-order valence-electron chi connectivity index (χ1n) is 11.1. The number of thiazole rings is 1. The number of carbonyl (C=O) groups is 1. The minimum absolute atomic E-state index is 0.0625. The van der Waals surface area contributed by atoms with E-state index in [0.717, 1.165) is 50.6 Å². The number of thiophene rings is 1. The van der Waals surface area contributed by atoms with E-state index in [9.17, 15) is 4.79 Å². The van der Waals surface area contributed by atoms with Crippen molar-refractivity contribution in [3.8, 4) is 22.1 Å². The van der Waals surface area contributed by atoms with Crippen molar-refractivity contribution in [2.24, 2.45) is 5.92 Å². The van der Waals surface area contributed by atoms with Crippen LogP contribution >= 0.6 is 22.7 Å². The molecule has 0 bridgehead atoms. The second-order valence-corrected chi connectivity index (χ2v) is 10.6. The Balaban J connectivity index is 1.48. The minimum Gasteiger partial charge on any atom is -0.497 e. The highest BCUT2D eigenvalue weighted by molar-refractivity contribution is 7.22. The van der Waals surface area contributed by atoms with Gasteiger partial charge in [0.25, 0.3) is 0 Å². The number of ether oxygens (including phenoxy) is 2. The second-order valence-electron chi connectivity index (χ2n) is 8.45. The van der Waals surface area contributed by atoms with Crippen molar-refractivity contribution in [3.63, 3.8) is 0 Å². The number of amides is 1. The summed E-state index contributed by atoms with van der Waals surface area (Å²) in [6.45, 7) is 2.30. The van der Waals surface area contributed by atoms with Crippen LogP contribution in [-0.4, -0.2) is 25.1 Å². The fourth-order valence-electron chi connectivity index (χ4n) is 4.39. The summed E-state index contributed by atoms with van der Waals surface area (Å²) in [6.07, 6.45) is 3.48. The Bertz CT molecular complexity index is 1290. The van der Waals surface area contributed by atoms with Gasteiger partial charge < -0.3 is 14.8 Å². The zero-order valence-corrected chi connectivity index (χ0v) is 20.6. The molecule has 1 N–H and O–H groups in total. The molecule has 170 valence electrons. The van der Waals surface area contributed by atoms with Gasteiger partial charge in [-0.05, 0) is 48.9 Å². The third-order valence-electron chi connectivity index (χ3n) is 6.12. The molecular formula is C26H26N2O3S2. The van der Waals surface area contributed by atoms with Gasteiger partial charge in [0.15, 0.2) is 0 Å². The van der Waals surface area contributed by atoms with Crippen molar-refractivity contribution in [2.45, 2.75) is 32.6 Å². The number of anilines is 1. The molecule has 0 aliphatic heterocycles. The van der Waals surface area contributed by atoms with Crippen molar-refractivity contribution in [1.82, 2.24) is 4.98 Å². The molecule has 1 atom stereocenters. The zero-order chi connectivity index (χ0) is 22.9. The molecule has 1 unspecified atom stereocenters. The van der Waals surface area contributed by atoms with Gasteiger partial charge in [-0.3, -0.25) is 4.79 Å². The highest BCUT2D eigenvalue weighted by Gasteiger charge is 2.27. The highest BCUT2D eigenvalue weighted by atomic mass is 32.1. The van der Waals surface area contributed by atoms with Crippen molar-refractivity contribution in [1.29, 1.82) is 0 Å². The van der Waals surface area contributed by atoms with Crippen LogP contribution in [0.2, 0.25) is 0 Å². The van der Waals surface area contributed by atoms with Gasteiger partial charge in [-0.1, -0.05) is 25.1 Å². The number of fused-ring (bicyclic) bond motifs is 2. The van der Waals surface area contributed by atoms with Crippen molar-refractivity contribution >= 4 is 43.8 Å². The highest BCUT2D eigenvalue weighted by Crippen LogP contribution is 2.47. The van der Waals surface area contributed by atoms with Crippen LogP contribution in [0, 0.1) is 5.92 Å². The number of nitrogens with zero attached hydrogens (tertiary/aromatic N) is 1. The van der Waals surface area contributed by atoms with Crippen LogP contribution in [0.5, 0.6) is 11.5 Å². The summed E-state index contributed by atoms with van der Waals surface area (Å²) in [7, 11) is 3.22. The van der Waals surface area contributed by atoms with Gasteiger partial charge in [-0.25, -0.2) is 4.98 Å². The molecule has 5 nitrogen and oxygen atoms in total. The maximum atomic E-state index is 13.1. The molecule has 0 radical (unpaired) electrons. The lowest BCUT2D eigenvalue weighted by atomic mass is 9.88. The predicted octanol–water partition coefficient (Wildman–Crippen LogP) is 6.35. The SMILES string of the molecule is COc1ccc(CC(=O)Nc2sc3c(c2-c2nc4ccccc4s2)CCC(C)C3)c(OC)c1. The van der Waals surface area contributed by atoms with Gasteiger partial charge in [0, 0.05) is 22.1 Å². The maximum absolute atomic E-state index is 13.1. The molecule has 5 rings (SSSR count). The van der Waals surface area contributed by atoms with Crippen LogP contribution in [0.4, 0.5) is 5.00 Å². The maximum Gasteiger partial charge on any atom is 0.229 e. The Morgan fingerprint density at radius 3 is 2.79 bits per heavy atom. The van der Waals surface area contributed by atoms with E-state index in [1.807, 2.05) is 30.3 Å². The summed E-state index contributed by atoms with van der Waals surface area (Å²) in [4.78, 5) is 19.4. The number of benzene rings is 2. The first-order valence-corrected chi connectivity index (χ1v) is 12.7. The van der Waals surface area contributed by atoms with Crippen LogP contribution in [0.15, 0.2) is 42.5 Å². The molecule has 4 aromatic rings. The quantitative estimate of drug-likeness (QED) is 0.351. The normalized spacial score (nSPS) is 15.3. The molecule has 0 saturated carbocycles. The number of hydrogen-bond acceptors (Lipinski definition) is 6. The Morgan fingerprint density at radius 1 is 1.15 bits per heavy atom. The van der Waals surface area contributed by atoms with E-state index in [2.05, 4.69) is 18.3 Å². The fraction of sp³-hybridized carbons (Fsp3) is 0.308. The number of methoxy groups -OCH3 is 2. The summed E-state index contributed by atoms with van der Waals surface area (Å²) >= 11 is 3.40. The van der Waals surface area contributed by atoms with E-state index in [1.54, 1.807) is 43.0 Å². The summed E-state index contributed by atoms with van der Waals surface area (Å²) in [5.41, 5.74) is 4.29. The number of aromatic nitrogens is 1. The molecule has 2 aromatic carbocycles. The van der Waals surface area contributed by atoms with Gasteiger partial charge in [-0.15, -0.1) is 22.7 Å². The lowest BCUT2D eigenvalue weighted by Gasteiger charge is -2.18. The molecule has 1 amide bonds. The molecule has 0 fully saturated rings. The zero-order valence-electron chi connectivity index (χ0n) is 18.9.